The van der Waals surface area contributed by atoms with Crippen molar-refractivity contribution in [2.75, 3.05) is 12.9 Å². The molecule has 21 heavy (non-hydrogen) atoms. The zero-order valence-electron chi connectivity index (χ0n) is 12.2. The zero-order chi connectivity index (χ0) is 14.7. The van der Waals surface area contributed by atoms with Crippen molar-refractivity contribution >= 4 is 11.8 Å². The topological polar surface area (TPSA) is 63.8 Å². The van der Waals surface area contributed by atoms with E-state index in [1.54, 1.807) is 18.0 Å². The van der Waals surface area contributed by atoms with E-state index >= 15 is 0 Å². The zero-order valence-corrected chi connectivity index (χ0v) is 13.0. The molecule has 0 bridgehead atoms. The van der Waals surface area contributed by atoms with Crippen LogP contribution in [0, 0.1) is 0 Å². The molecule has 112 valence electrons. The van der Waals surface area contributed by atoms with Crippen LogP contribution in [-0.4, -0.2) is 37.7 Å². The molecule has 1 N–H and O–H groups in total. The minimum atomic E-state index is 0.0648. The van der Waals surface area contributed by atoms with E-state index in [0.29, 0.717) is 12.5 Å². The second-order valence-electron chi connectivity index (χ2n) is 5.28. The highest BCUT2D eigenvalue weighted by Crippen LogP contribution is 2.34. The largest absolute Gasteiger partial charge is 0.394 e. The highest BCUT2D eigenvalue weighted by molar-refractivity contribution is 7.98. The van der Waals surface area contributed by atoms with E-state index in [4.69, 9.17) is 4.98 Å². The number of thioether (sulfide) groups is 1. The van der Waals surface area contributed by atoms with Gasteiger partial charge in [-0.15, -0.1) is 11.8 Å². The maximum absolute atomic E-state index is 9.28. The van der Waals surface area contributed by atoms with E-state index < -0.39 is 0 Å². The molecule has 0 aliphatic heterocycles. The van der Waals surface area contributed by atoms with Crippen molar-refractivity contribution in [1.29, 1.82) is 0 Å². The minimum Gasteiger partial charge on any atom is -0.394 e. The van der Waals surface area contributed by atoms with E-state index in [-0.39, 0.29) is 6.61 Å². The van der Waals surface area contributed by atoms with Crippen molar-refractivity contribution in [3.8, 4) is 11.4 Å². The fraction of sp³-hybridized carbons (Fsp3) is 0.533. The molecule has 1 aliphatic rings. The first-order chi connectivity index (χ1) is 10.3. The first kappa shape index (κ1) is 14.5. The van der Waals surface area contributed by atoms with Gasteiger partial charge in [0.1, 0.15) is 5.03 Å². The highest BCUT2D eigenvalue weighted by Gasteiger charge is 2.24. The van der Waals surface area contributed by atoms with Crippen molar-refractivity contribution < 1.29 is 5.11 Å². The Morgan fingerprint density at radius 3 is 2.90 bits per heavy atom. The molecule has 0 atom stereocenters. The summed E-state index contributed by atoms with van der Waals surface area (Å²) in [6, 6.07) is 3.94. The van der Waals surface area contributed by atoms with Gasteiger partial charge < -0.3 is 5.11 Å². The summed E-state index contributed by atoms with van der Waals surface area (Å²) in [5, 5.41) is 14.9. The van der Waals surface area contributed by atoms with Gasteiger partial charge in [-0.1, -0.05) is 12.8 Å². The molecule has 1 saturated carbocycles. The van der Waals surface area contributed by atoms with Crippen LogP contribution < -0.4 is 0 Å². The lowest BCUT2D eigenvalue weighted by Gasteiger charge is -2.06. The summed E-state index contributed by atoms with van der Waals surface area (Å²) in [5.41, 5.74) is 0.996. The number of nitrogens with zero attached hydrogens (tertiary/aromatic N) is 4. The number of hydrogen-bond donors (Lipinski definition) is 1. The third kappa shape index (κ3) is 2.96. The Balaban J connectivity index is 2.03. The van der Waals surface area contributed by atoms with Crippen LogP contribution in [0.4, 0.5) is 0 Å². The molecule has 0 radical (unpaired) electrons. The Morgan fingerprint density at radius 1 is 1.38 bits per heavy atom. The van der Waals surface area contributed by atoms with Crippen LogP contribution in [0.5, 0.6) is 0 Å². The third-order valence-electron chi connectivity index (χ3n) is 3.93. The molecule has 0 amide bonds. The molecular weight excluding hydrogens is 284 g/mol. The summed E-state index contributed by atoms with van der Waals surface area (Å²) in [6.07, 6.45) is 8.67. The molecule has 0 spiro atoms. The van der Waals surface area contributed by atoms with Crippen LogP contribution in [0.2, 0.25) is 0 Å². The quantitative estimate of drug-likeness (QED) is 0.861. The van der Waals surface area contributed by atoms with Crippen LogP contribution in [0.3, 0.4) is 0 Å². The Hall–Kier alpha value is -1.40. The molecule has 0 unspecified atom stereocenters. The lowest BCUT2D eigenvalue weighted by atomic mass is 10.1. The van der Waals surface area contributed by atoms with Crippen LogP contribution in [-0.2, 0) is 6.54 Å². The van der Waals surface area contributed by atoms with Gasteiger partial charge in [0, 0.05) is 12.1 Å². The van der Waals surface area contributed by atoms with E-state index in [9.17, 15) is 5.11 Å². The molecular formula is C15H20N4OS. The van der Waals surface area contributed by atoms with Crippen LogP contribution in [0.1, 0.15) is 37.4 Å². The van der Waals surface area contributed by atoms with E-state index in [1.807, 2.05) is 23.1 Å². The van der Waals surface area contributed by atoms with E-state index in [2.05, 4.69) is 10.1 Å². The van der Waals surface area contributed by atoms with Gasteiger partial charge in [0.25, 0.3) is 0 Å². The smallest absolute Gasteiger partial charge is 0.161 e. The number of pyridine rings is 1. The monoisotopic (exact) mass is 304 g/mol. The SMILES string of the molecule is CSc1ncccc1-c1nc(C2CCCC2)nn1CCO. The fourth-order valence-electron chi connectivity index (χ4n) is 2.89. The van der Waals surface area contributed by atoms with Crippen molar-refractivity contribution in [3.63, 3.8) is 0 Å². The summed E-state index contributed by atoms with van der Waals surface area (Å²) in [6.45, 7) is 0.535. The molecule has 1 fully saturated rings. The predicted molar refractivity (Wildman–Crippen MR) is 83.3 cm³/mol. The van der Waals surface area contributed by atoms with Gasteiger partial charge >= 0.3 is 0 Å². The summed E-state index contributed by atoms with van der Waals surface area (Å²) in [5.74, 6) is 2.22. The van der Waals surface area contributed by atoms with Gasteiger partial charge in [0.05, 0.1) is 18.7 Å². The van der Waals surface area contributed by atoms with Gasteiger partial charge in [0.2, 0.25) is 0 Å². The average Bonchev–Trinajstić information content (AvgIpc) is 3.16. The Morgan fingerprint density at radius 2 is 2.19 bits per heavy atom. The Labute approximate surface area is 128 Å². The fourth-order valence-corrected chi connectivity index (χ4v) is 3.44. The second-order valence-corrected chi connectivity index (χ2v) is 6.08. The normalized spacial score (nSPS) is 15.7. The molecule has 3 rings (SSSR count). The number of aliphatic hydroxyl groups excluding tert-OH is 1. The third-order valence-corrected chi connectivity index (χ3v) is 4.64. The lowest BCUT2D eigenvalue weighted by Crippen LogP contribution is -2.07. The summed E-state index contributed by atoms with van der Waals surface area (Å²) >= 11 is 1.60. The van der Waals surface area contributed by atoms with Crippen LogP contribution >= 0.6 is 11.8 Å². The summed E-state index contributed by atoms with van der Waals surface area (Å²) in [7, 11) is 0. The molecule has 6 heteroatoms. The van der Waals surface area contributed by atoms with Gasteiger partial charge in [-0.05, 0) is 31.2 Å². The second kappa shape index (κ2) is 6.58. The summed E-state index contributed by atoms with van der Waals surface area (Å²) in [4.78, 5) is 9.18. The van der Waals surface area contributed by atoms with Crippen molar-refractivity contribution in [1.82, 2.24) is 19.7 Å². The molecule has 2 heterocycles. The molecule has 2 aromatic rings. The molecule has 0 aromatic carbocycles. The number of aromatic nitrogens is 4. The van der Waals surface area contributed by atoms with Gasteiger partial charge in [-0.2, -0.15) is 5.10 Å². The highest BCUT2D eigenvalue weighted by atomic mass is 32.2. The summed E-state index contributed by atoms with van der Waals surface area (Å²) < 4.78 is 1.82. The lowest BCUT2D eigenvalue weighted by molar-refractivity contribution is 0.269. The minimum absolute atomic E-state index is 0.0648. The Kier molecular flexibility index (Phi) is 4.55. The number of rotatable bonds is 5. The first-order valence-electron chi connectivity index (χ1n) is 7.38. The van der Waals surface area contributed by atoms with Crippen LogP contribution in [0.25, 0.3) is 11.4 Å². The van der Waals surface area contributed by atoms with E-state index in [1.165, 1.54) is 25.7 Å². The standard InChI is InChI=1S/C15H20N4OS/c1-21-15-12(7-4-8-16-15)14-17-13(11-5-2-3-6-11)18-19(14)9-10-20/h4,7-8,11,20H,2-3,5-6,9-10H2,1H3. The van der Waals surface area contributed by atoms with Crippen molar-refractivity contribution in [2.24, 2.45) is 0 Å². The predicted octanol–water partition coefficient (Wildman–Crippen LogP) is 2.71. The first-order valence-corrected chi connectivity index (χ1v) is 8.61. The van der Waals surface area contributed by atoms with Gasteiger partial charge in [-0.25, -0.2) is 14.6 Å². The maximum atomic E-state index is 9.28. The average molecular weight is 304 g/mol. The van der Waals surface area contributed by atoms with Crippen molar-refractivity contribution in [3.05, 3.63) is 24.2 Å². The molecule has 0 saturated heterocycles. The Bertz CT molecular complexity index is 607. The molecule has 2 aromatic heterocycles. The van der Waals surface area contributed by atoms with Gasteiger partial charge in [-0.3, -0.25) is 0 Å². The van der Waals surface area contributed by atoms with Gasteiger partial charge in [0.15, 0.2) is 11.6 Å². The number of aliphatic hydroxyl groups is 1. The molecule has 5 nitrogen and oxygen atoms in total. The van der Waals surface area contributed by atoms with Crippen molar-refractivity contribution in [2.45, 2.75) is 43.2 Å². The van der Waals surface area contributed by atoms with Crippen LogP contribution in [0.15, 0.2) is 23.4 Å². The maximum Gasteiger partial charge on any atom is 0.161 e. The molecule has 1 aliphatic carbocycles. The van der Waals surface area contributed by atoms with E-state index in [0.717, 1.165) is 22.2 Å². The number of hydrogen-bond acceptors (Lipinski definition) is 5.